The molecule has 92 valence electrons. The predicted molar refractivity (Wildman–Crippen MR) is 65.2 cm³/mol. The molecule has 1 heterocycles. The maximum Gasteiger partial charge on any atom is 0.239 e. The fourth-order valence-corrected chi connectivity index (χ4v) is 3.16. The van der Waals surface area contributed by atoms with E-state index in [1.807, 2.05) is 7.05 Å². The van der Waals surface area contributed by atoms with E-state index in [0.717, 1.165) is 13.1 Å². The molecule has 1 atom stereocenters. The largest absolute Gasteiger partial charge is 0.341 e. The minimum atomic E-state index is 0.0819. The van der Waals surface area contributed by atoms with Crippen LogP contribution in [-0.4, -0.2) is 37.0 Å². The van der Waals surface area contributed by atoms with Crippen LogP contribution >= 0.6 is 0 Å². The molecule has 3 nitrogen and oxygen atoms in total. The minimum absolute atomic E-state index is 0.0819. The number of likely N-dealkylation sites (tertiary alicyclic amines) is 1. The number of carbonyl (C=O) groups excluding carboxylic acids is 1. The van der Waals surface area contributed by atoms with Crippen LogP contribution in [0, 0.1) is 5.92 Å². The Morgan fingerprint density at radius 1 is 1.12 bits per heavy atom. The molecule has 0 aromatic heterocycles. The number of hydrogen-bond acceptors (Lipinski definition) is 2. The van der Waals surface area contributed by atoms with Gasteiger partial charge in [-0.2, -0.15) is 0 Å². The van der Waals surface area contributed by atoms with Gasteiger partial charge in [-0.3, -0.25) is 4.79 Å². The third kappa shape index (κ3) is 2.57. The van der Waals surface area contributed by atoms with Crippen LogP contribution in [0.1, 0.15) is 44.9 Å². The molecule has 0 unspecified atom stereocenters. The Morgan fingerprint density at radius 3 is 2.31 bits per heavy atom. The molecule has 1 saturated carbocycles. The van der Waals surface area contributed by atoms with Gasteiger partial charge in [0.25, 0.3) is 0 Å². The number of carbonyl (C=O) groups is 1. The number of likely N-dealkylation sites (N-methyl/N-ethyl adjacent to an activating group) is 1. The van der Waals surface area contributed by atoms with Crippen molar-refractivity contribution < 1.29 is 4.79 Å². The zero-order valence-electron chi connectivity index (χ0n) is 10.4. The molecule has 3 heteroatoms. The second kappa shape index (κ2) is 5.67. The third-order valence-corrected chi connectivity index (χ3v) is 4.12. The zero-order valence-corrected chi connectivity index (χ0v) is 10.4. The summed E-state index contributed by atoms with van der Waals surface area (Å²) in [5.41, 5.74) is 0. The molecular formula is C13H24N2O. The van der Waals surface area contributed by atoms with Gasteiger partial charge < -0.3 is 10.2 Å². The van der Waals surface area contributed by atoms with Crippen molar-refractivity contribution in [3.63, 3.8) is 0 Å². The highest BCUT2D eigenvalue weighted by atomic mass is 16.2. The Kier molecular flexibility index (Phi) is 4.22. The van der Waals surface area contributed by atoms with Crippen LogP contribution in [-0.2, 0) is 4.79 Å². The zero-order chi connectivity index (χ0) is 11.4. The van der Waals surface area contributed by atoms with Crippen LogP contribution in [0.3, 0.4) is 0 Å². The molecule has 0 bridgehead atoms. The van der Waals surface area contributed by atoms with Gasteiger partial charge in [-0.05, 0) is 38.6 Å². The third-order valence-electron chi connectivity index (χ3n) is 4.12. The molecule has 1 amide bonds. The summed E-state index contributed by atoms with van der Waals surface area (Å²) < 4.78 is 0. The second-order valence-corrected chi connectivity index (χ2v) is 5.20. The molecule has 16 heavy (non-hydrogen) atoms. The van der Waals surface area contributed by atoms with Crippen LogP contribution in [0.25, 0.3) is 0 Å². The molecular weight excluding hydrogens is 200 g/mol. The van der Waals surface area contributed by atoms with Crippen LogP contribution in [0.5, 0.6) is 0 Å². The van der Waals surface area contributed by atoms with Gasteiger partial charge in [-0.15, -0.1) is 0 Å². The number of nitrogens with one attached hydrogen (secondary N) is 1. The Labute approximate surface area is 98.6 Å². The molecule has 2 aliphatic rings. The van der Waals surface area contributed by atoms with E-state index in [0.29, 0.717) is 11.8 Å². The molecule has 0 radical (unpaired) electrons. The van der Waals surface area contributed by atoms with E-state index in [-0.39, 0.29) is 6.04 Å². The number of nitrogens with zero attached hydrogens (tertiary/aromatic N) is 1. The van der Waals surface area contributed by atoms with Crippen molar-refractivity contribution in [2.24, 2.45) is 5.92 Å². The highest BCUT2D eigenvalue weighted by Crippen LogP contribution is 2.27. The van der Waals surface area contributed by atoms with Crippen LogP contribution in [0.2, 0.25) is 0 Å². The lowest BCUT2D eigenvalue weighted by atomic mass is 9.83. The average molecular weight is 224 g/mol. The number of amides is 1. The van der Waals surface area contributed by atoms with E-state index in [1.165, 1.54) is 44.9 Å². The Bertz CT molecular complexity index is 230. The predicted octanol–water partition coefficient (Wildman–Crippen LogP) is 1.78. The van der Waals surface area contributed by atoms with Crippen molar-refractivity contribution in [1.82, 2.24) is 10.2 Å². The average Bonchev–Trinajstić information content (AvgIpc) is 2.85. The van der Waals surface area contributed by atoms with Gasteiger partial charge in [0.15, 0.2) is 0 Å². The summed E-state index contributed by atoms with van der Waals surface area (Å²) >= 11 is 0. The molecule has 2 rings (SSSR count). The van der Waals surface area contributed by atoms with Crippen molar-refractivity contribution in [3.8, 4) is 0 Å². The normalized spacial score (nSPS) is 24.7. The van der Waals surface area contributed by atoms with Crippen LogP contribution in [0.15, 0.2) is 0 Å². The lowest BCUT2D eigenvalue weighted by molar-refractivity contribution is -0.134. The van der Waals surface area contributed by atoms with Crippen molar-refractivity contribution in [1.29, 1.82) is 0 Å². The van der Waals surface area contributed by atoms with Gasteiger partial charge in [0.2, 0.25) is 5.91 Å². The summed E-state index contributed by atoms with van der Waals surface area (Å²) in [5.74, 6) is 0.929. The van der Waals surface area contributed by atoms with Crippen LogP contribution < -0.4 is 5.32 Å². The van der Waals surface area contributed by atoms with E-state index in [4.69, 9.17) is 0 Å². The first-order chi connectivity index (χ1) is 7.83. The van der Waals surface area contributed by atoms with E-state index in [9.17, 15) is 4.79 Å². The Hall–Kier alpha value is -0.570. The Morgan fingerprint density at radius 2 is 1.75 bits per heavy atom. The standard InChI is InChI=1S/C13H24N2O/c1-14-12(11-7-3-2-4-8-11)13(16)15-9-5-6-10-15/h11-12,14H,2-10H2,1H3/t12-/m0/s1. The molecule has 0 aromatic carbocycles. The fourth-order valence-electron chi connectivity index (χ4n) is 3.16. The van der Waals surface area contributed by atoms with Gasteiger partial charge in [0.05, 0.1) is 6.04 Å². The summed E-state index contributed by atoms with van der Waals surface area (Å²) in [7, 11) is 1.94. The molecule has 2 fully saturated rings. The van der Waals surface area contributed by atoms with Crippen molar-refractivity contribution in [2.75, 3.05) is 20.1 Å². The SMILES string of the molecule is CN[C@H](C(=O)N1CCCC1)C1CCCCC1. The smallest absolute Gasteiger partial charge is 0.239 e. The lowest BCUT2D eigenvalue weighted by Crippen LogP contribution is -2.48. The van der Waals surface area contributed by atoms with E-state index >= 15 is 0 Å². The van der Waals surface area contributed by atoms with E-state index in [2.05, 4.69) is 10.2 Å². The quantitative estimate of drug-likeness (QED) is 0.792. The van der Waals surface area contributed by atoms with E-state index < -0.39 is 0 Å². The van der Waals surface area contributed by atoms with Gasteiger partial charge in [0, 0.05) is 13.1 Å². The first-order valence-corrected chi connectivity index (χ1v) is 6.79. The maximum atomic E-state index is 12.3. The van der Waals surface area contributed by atoms with E-state index in [1.54, 1.807) is 0 Å². The van der Waals surface area contributed by atoms with Gasteiger partial charge in [0.1, 0.15) is 0 Å². The maximum absolute atomic E-state index is 12.3. The lowest BCUT2D eigenvalue weighted by Gasteiger charge is -2.31. The number of hydrogen-bond donors (Lipinski definition) is 1. The van der Waals surface area contributed by atoms with Crippen molar-refractivity contribution in [3.05, 3.63) is 0 Å². The molecule has 1 N–H and O–H groups in total. The summed E-state index contributed by atoms with van der Waals surface area (Å²) in [5, 5.41) is 3.26. The van der Waals surface area contributed by atoms with Gasteiger partial charge in [-0.1, -0.05) is 19.3 Å². The molecule has 1 saturated heterocycles. The highest BCUT2D eigenvalue weighted by molar-refractivity contribution is 5.82. The number of rotatable bonds is 3. The molecule has 0 spiro atoms. The summed E-state index contributed by atoms with van der Waals surface area (Å²) in [6.45, 7) is 1.95. The molecule has 1 aliphatic carbocycles. The Balaban J connectivity index is 1.94. The fraction of sp³-hybridized carbons (Fsp3) is 0.923. The second-order valence-electron chi connectivity index (χ2n) is 5.20. The first kappa shape index (κ1) is 11.9. The first-order valence-electron chi connectivity index (χ1n) is 6.79. The summed E-state index contributed by atoms with van der Waals surface area (Å²) in [6, 6.07) is 0.0819. The van der Waals surface area contributed by atoms with Crippen LogP contribution in [0.4, 0.5) is 0 Å². The minimum Gasteiger partial charge on any atom is -0.341 e. The van der Waals surface area contributed by atoms with Crippen molar-refractivity contribution in [2.45, 2.75) is 51.0 Å². The molecule has 0 aromatic rings. The monoisotopic (exact) mass is 224 g/mol. The summed E-state index contributed by atoms with van der Waals surface area (Å²) in [6.07, 6.45) is 8.78. The topological polar surface area (TPSA) is 32.3 Å². The molecule has 1 aliphatic heterocycles. The van der Waals surface area contributed by atoms with Gasteiger partial charge in [-0.25, -0.2) is 0 Å². The summed E-state index contributed by atoms with van der Waals surface area (Å²) in [4.78, 5) is 14.4. The van der Waals surface area contributed by atoms with Gasteiger partial charge >= 0.3 is 0 Å². The highest BCUT2D eigenvalue weighted by Gasteiger charge is 2.32. The van der Waals surface area contributed by atoms with Crippen molar-refractivity contribution >= 4 is 5.91 Å².